The molecule has 1 saturated heterocycles. The zero-order valence-corrected chi connectivity index (χ0v) is 10.5. The van der Waals surface area contributed by atoms with Gasteiger partial charge in [0, 0.05) is 43.5 Å². The topological polar surface area (TPSA) is 44.4 Å². The molecule has 1 aliphatic heterocycles. The Balaban J connectivity index is 1.65. The van der Waals surface area contributed by atoms with Crippen molar-refractivity contribution in [3.63, 3.8) is 0 Å². The van der Waals surface area contributed by atoms with Gasteiger partial charge in [-0.25, -0.2) is 0 Å². The summed E-state index contributed by atoms with van der Waals surface area (Å²) in [7, 11) is 0. The number of amides is 1. The molecule has 1 heterocycles. The van der Waals surface area contributed by atoms with Crippen molar-refractivity contribution in [3.05, 3.63) is 29.8 Å². The molecule has 2 N–H and O–H groups in total. The van der Waals surface area contributed by atoms with Gasteiger partial charge in [0.15, 0.2) is 0 Å². The van der Waals surface area contributed by atoms with Crippen molar-refractivity contribution < 1.29 is 4.79 Å². The smallest absolute Gasteiger partial charge is 0.251 e. The van der Waals surface area contributed by atoms with E-state index in [0.29, 0.717) is 6.04 Å². The van der Waals surface area contributed by atoms with Gasteiger partial charge in [0.1, 0.15) is 0 Å². The summed E-state index contributed by atoms with van der Waals surface area (Å²) in [6.45, 7) is 4.13. The predicted octanol–water partition coefficient (Wildman–Crippen LogP) is 0.988. The molecule has 0 unspecified atom stereocenters. The van der Waals surface area contributed by atoms with E-state index in [4.69, 9.17) is 0 Å². The van der Waals surface area contributed by atoms with Gasteiger partial charge < -0.3 is 15.5 Å². The molecule has 0 atom stereocenters. The molecule has 1 amide bonds. The first kappa shape index (κ1) is 11.5. The van der Waals surface area contributed by atoms with E-state index in [-0.39, 0.29) is 5.91 Å². The number of anilines is 1. The molecular formula is C14H19N3O. The third kappa shape index (κ3) is 2.64. The lowest BCUT2D eigenvalue weighted by Crippen LogP contribution is -2.43. The van der Waals surface area contributed by atoms with E-state index in [0.717, 1.165) is 44.6 Å². The Kier molecular flexibility index (Phi) is 3.19. The normalized spacial score (nSPS) is 19.7. The summed E-state index contributed by atoms with van der Waals surface area (Å²) in [5.74, 6) is 0.0596. The van der Waals surface area contributed by atoms with Crippen LogP contribution >= 0.6 is 0 Å². The first-order chi connectivity index (χ1) is 8.83. The van der Waals surface area contributed by atoms with Crippen LogP contribution in [-0.2, 0) is 0 Å². The molecule has 2 aliphatic rings. The Morgan fingerprint density at radius 1 is 1.17 bits per heavy atom. The van der Waals surface area contributed by atoms with Crippen molar-refractivity contribution in [3.8, 4) is 0 Å². The standard InChI is InChI=1S/C14H19N3O/c18-14(16-12-3-4-12)11-1-5-13(6-2-11)17-9-7-15-8-10-17/h1-2,5-6,12,15H,3-4,7-10H2,(H,16,18). The molecule has 1 aromatic rings. The van der Waals surface area contributed by atoms with Gasteiger partial charge in [-0.1, -0.05) is 0 Å². The van der Waals surface area contributed by atoms with Crippen LogP contribution in [-0.4, -0.2) is 38.1 Å². The summed E-state index contributed by atoms with van der Waals surface area (Å²) in [5, 5.41) is 6.34. The van der Waals surface area contributed by atoms with Gasteiger partial charge in [0.05, 0.1) is 0 Å². The second-order valence-electron chi connectivity index (χ2n) is 5.03. The minimum atomic E-state index is 0.0596. The Hall–Kier alpha value is -1.55. The van der Waals surface area contributed by atoms with E-state index < -0.39 is 0 Å². The first-order valence-electron chi connectivity index (χ1n) is 6.69. The highest BCUT2D eigenvalue weighted by molar-refractivity contribution is 5.94. The number of carbonyl (C=O) groups is 1. The van der Waals surface area contributed by atoms with E-state index in [1.54, 1.807) is 0 Å². The highest BCUT2D eigenvalue weighted by atomic mass is 16.1. The van der Waals surface area contributed by atoms with Crippen LogP contribution in [0.5, 0.6) is 0 Å². The minimum Gasteiger partial charge on any atom is -0.369 e. The van der Waals surface area contributed by atoms with Crippen LogP contribution in [0.3, 0.4) is 0 Å². The van der Waals surface area contributed by atoms with Crippen LogP contribution in [0.1, 0.15) is 23.2 Å². The molecule has 4 nitrogen and oxygen atoms in total. The van der Waals surface area contributed by atoms with Gasteiger partial charge >= 0.3 is 0 Å². The van der Waals surface area contributed by atoms with Crippen molar-refractivity contribution in [1.29, 1.82) is 0 Å². The Morgan fingerprint density at radius 3 is 2.44 bits per heavy atom. The van der Waals surface area contributed by atoms with Crippen LogP contribution in [0, 0.1) is 0 Å². The van der Waals surface area contributed by atoms with E-state index in [2.05, 4.69) is 15.5 Å². The van der Waals surface area contributed by atoms with Crippen LogP contribution in [0.2, 0.25) is 0 Å². The van der Waals surface area contributed by atoms with Gasteiger partial charge in [-0.3, -0.25) is 4.79 Å². The summed E-state index contributed by atoms with van der Waals surface area (Å²) in [4.78, 5) is 14.2. The lowest BCUT2D eigenvalue weighted by Gasteiger charge is -2.29. The number of piperazine rings is 1. The molecule has 96 valence electrons. The quantitative estimate of drug-likeness (QED) is 0.834. The van der Waals surface area contributed by atoms with Gasteiger partial charge in [-0.2, -0.15) is 0 Å². The average molecular weight is 245 g/mol. The Bertz CT molecular complexity index is 419. The van der Waals surface area contributed by atoms with Gasteiger partial charge in [0.25, 0.3) is 5.91 Å². The van der Waals surface area contributed by atoms with E-state index in [1.807, 2.05) is 24.3 Å². The van der Waals surface area contributed by atoms with Gasteiger partial charge in [-0.05, 0) is 37.1 Å². The molecule has 0 bridgehead atoms. The number of benzene rings is 1. The summed E-state index contributed by atoms with van der Waals surface area (Å²) in [6.07, 6.45) is 2.26. The predicted molar refractivity (Wildman–Crippen MR) is 72.0 cm³/mol. The van der Waals surface area contributed by atoms with Crippen molar-refractivity contribution in [2.24, 2.45) is 0 Å². The Labute approximate surface area is 107 Å². The fourth-order valence-electron chi connectivity index (χ4n) is 2.24. The summed E-state index contributed by atoms with van der Waals surface area (Å²) in [6, 6.07) is 8.37. The molecule has 1 aromatic carbocycles. The molecule has 4 heteroatoms. The average Bonchev–Trinajstić information content (AvgIpc) is 3.24. The van der Waals surface area contributed by atoms with Gasteiger partial charge in [-0.15, -0.1) is 0 Å². The van der Waals surface area contributed by atoms with Gasteiger partial charge in [0.2, 0.25) is 0 Å². The van der Waals surface area contributed by atoms with Crippen molar-refractivity contribution >= 4 is 11.6 Å². The molecular weight excluding hydrogens is 226 g/mol. The molecule has 1 saturated carbocycles. The number of rotatable bonds is 3. The highest BCUT2D eigenvalue weighted by Gasteiger charge is 2.23. The first-order valence-corrected chi connectivity index (χ1v) is 6.69. The summed E-state index contributed by atoms with van der Waals surface area (Å²) >= 11 is 0. The SMILES string of the molecule is O=C(NC1CC1)c1ccc(N2CCNCC2)cc1. The monoisotopic (exact) mass is 245 g/mol. The van der Waals surface area contributed by atoms with E-state index >= 15 is 0 Å². The van der Waals surface area contributed by atoms with E-state index in [1.165, 1.54) is 5.69 Å². The third-order valence-corrected chi connectivity index (χ3v) is 3.52. The zero-order valence-electron chi connectivity index (χ0n) is 10.5. The zero-order chi connectivity index (χ0) is 12.4. The fraction of sp³-hybridized carbons (Fsp3) is 0.500. The van der Waals surface area contributed by atoms with Crippen LogP contribution in [0.25, 0.3) is 0 Å². The fourth-order valence-corrected chi connectivity index (χ4v) is 2.24. The maximum absolute atomic E-state index is 11.8. The molecule has 18 heavy (non-hydrogen) atoms. The molecule has 3 rings (SSSR count). The van der Waals surface area contributed by atoms with Crippen molar-refractivity contribution in [1.82, 2.24) is 10.6 Å². The molecule has 0 radical (unpaired) electrons. The number of carbonyl (C=O) groups excluding carboxylic acids is 1. The molecule has 2 fully saturated rings. The molecule has 0 aromatic heterocycles. The Morgan fingerprint density at radius 2 is 1.83 bits per heavy atom. The molecule has 0 spiro atoms. The van der Waals surface area contributed by atoms with Crippen LogP contribution in [0.4, 0.5) is 5.69 Å². The second-order valence-corrected chi connectivity index (χ2v) is 5.03. The molecule has 1 aliphatic carbocycles. The summed E-state index contributed by atoms with van der Waals surface area (Å²) < 4.78 is 0. The third-order valence-electron chi connectivity index (χ3n) is 3.52. The largest absolute Gasteiger partial charge is 0.369 e. The highest BCUT2D eigenvalue weighted by Crippen LogP contribution is 2.20. The number of nitrogens with zero attached hydrogens (tertiary/aromatic N) is 1. The summed E-state index contributed by atoms with van der Waals surface area (Å²) in [5.41, 5.74) is 1.97. The maximum atomic E-state index is 11.8. The van der Waals surface area contributed by atoms with Crippen LogP contribution < -0.4 is 15.5 Å². The number of hydrogen-bond acceptors (Lipinski definition) is 3. The number of nitrogens with one attached hydrogen (secondary N) is 2. The lowest BCUT2D eigenvalue weighted by atomic mass is 10.1. The second kappa shape index (κ2) is 4.98. The van der Waals surface area contributed by atoms with Crippen molar-refractivity contribution in [2.45, 2.75) is 18.9 Å². The van der Waals surface area contributed by atoms with Crippen LogP contribution in [0.15, 0.2) is 24.3 Å². The number of hydrogen-bond donors (Lipinski definition) is 2. The maximum Gasteiger partial charge on any atom is 0.251 e. The van der Waals surface area contributed by atoms with E-state index in [9.17, 15) is 4.79 Å². The minimum absolute atomic E-state index is 0.0596. The lowest BCUT2D eigenvalue weighted by molar-refractivity contribution is 0.0951. The van der Waals surface area contributed by atoms with Crippen molar-refractivity contribution in [2.75, 3.05) is 31.1 Å².